The second-order valence-corrected chi connectivity index (χ2v) is 15.1. The Labute approximate surface area is 307 Å². The number of nitrogens with one attached hydrogen (secondary N) is 1. The number of aliphatic hydroxyl groups excluding tert-OH is 1. The van der Waals surface area contributed by atoms with Gasteiger partial charge in [0, 0.05) is 30.8 Å². The van der Waals surface area contributed by atoms with Gasteiger partial charge in [-0.3, -0.25) is 9.59 Å². The lowest BCUT2D eigenvalue weighted by Crippen LogP contribution is -2.50. The Kier molecular flexibility index (Phi) is 10.9. The summed E-state index contributed by atoms with van der Waals surface area (Å²) in [4.78, 5) is 30.0. The molecule has 2 amide bonds. The zero-order valence-electron chi connectivity index (χ0n) is 27.9. The topological polar surface area (TPSA) is 101 Å². The summed E-state index contributed by atoms with van der Waals surface area (Å²) in [5, 5.41) is 12.3. The first-order valence-corrected chi connectivity index (χ1v) is 18.8. The summed E-state index contributed by atoms with van der Waals surface area (Å²) in [6.07, 6.45) is -4.79. The minimum Gasteiger partial charge on any atom is -0.392 e. The number of thiazole rings is 1. The minimum atomic E-state index is -5.02. The number of para-hydroxylation sites is 1. The molecule has 2 aliphatic heterocycles. The molecule has 7 rings (SSSR count). The summed E-state index contributed by atoms with van der Waals surface area (Å²) >= 11 is 3.34. The van der Waals surface area contributed by atoms with E-state index in [1.807, 2.05) is 91.0 Å². The number of aromatic nitrogens is 1. The number of benzene rings is 4. The van der Waals surface area contributed by atoms with Crippen LogP contribution < -0.4 is 5.32 Å². The van der Waals surface area contributed by atoms with Gasteiger partial charge >= 0.3 is 12.1 Å². The number of nitrogens with zero attached hydrogens (tertiary/aromatic N) is 2. The van der Waals surface area contributed by atoms with Gasteiger partial charge < -0.3 is 24.8 Å². The van der Waals surface area contributed by atoms with E-state index in [9.17, 15) is 27.9 Å². The van der Waals surface area contributed by atoms with E-state index < -0.39 is 30.3 Å². The van der Waals surface area contributed by atoms with Gasteiger partial charge in [-0.05, 0) is 58.9 Å². The third-order valence-electron chi connectivity index (χ3n) is 9.25. The van der Waals surface area contributed by atoms with E-state index in [2.05, 4.69) is 11.4 Å². The van der Waals surface area contributed by atoms with E-state index in [-0.39, 0.29) is 38.3 Å². The number of hydrogen-bond donors (Lipinski definition) is 2. The van der Waals surface area contributed by atoms with E-state index >= 15 is 0 Å². The number of aliphatic hydroxyl groups is 1. The van der Waals surface area contributed by atoms with Crippen molar-refractivity contribution in [2.75, 3.05) is 12.3 Å². The summed E-state index contributed by atoms with van der Waals surface area (Å²) in [5.41, 5.74) is 6.26. The molecule has 52 heavy (non-hydrogen) atoms. The lowest BCUT2D eigenvalue weighted by atomic mass is 9.99. The van der Waals surface area contributed by atoms with Crippen LogP contribution in [0.15, 0.2) is 101 Å². The number of ether oxygens (including phenoxy) is 2. The van der Waals surface area contributed by atoms with Crippen LogP contribution in [0, 0.1) is 0 Å². The summed E-state index contributed by atoms with van der Waals surface area (Å²) in [7, 11) is 0. The molecule has 3 heterocycles. The van der Waals surface area contributed by atoms with Crippen molar-refractivity contribution in [2.45, 2.75) is 67.5 Å². The van der Waals surface area contributed by atoms with Crippen LogP contribution in [0.1, 0.15) is 53.9 Å². The molecule has 8 nitrogen and oxygen atoms in total. The maximum absolute atomic E-state index is 13.0. The summed E-state index contributed by atoms with van der Waals surface area (Å²) in [6, 6.07) is 30.1. The Morgan fingerprint density at radius 3 is 2.44 bits per heavy atom. The molecule has 0 saturated carbocycles. The first kappa shape index (κ1) is 36.1. The first-order valence-electron chi connectivity index (χ1n) is 17.0. The highest BCUT2D eigenvalue weighted by Gasteiger charge is 2.47. The molecular weight excluding hydrogens is 712 g/mol. The molecule has 0 spiro atoms. The molecule has 0 unspecified atom stereocenters. The smallest absolute Gasteiger partial charge is 0.392 e. The van der Waals surface area contributed by atoms with E-state index in [1.165, 1.54) is 0 Å². The van der Waals surface area contributed by atoms with Crippen LogP contribution in [0.25, 0.3) is 21.3 Å². The number of thioether (sulfide) groups is 1. The van der Waals surface area contributed by atoms with E-state index in [1.54, 1.807) is 23.1 Å². The maximum Gasteiger partial charge on any atom is 0.471 e. The number of halogens is 3. The Bertz CT molecular complexity index is 1990. The van der Waals surface area contributed by atoms with E-state index in [0.29, 0.717) is 23.5 Å². The second-order valence-electron chi connectivity index (χ2n) is 12.8. The average molecular weight is 748 g/mol. The molecule has 4 aromatic carbocycles. The summed E-state index contributed by atoms with van der Waals surface area (Å²) in [6.45, 7) is -0.0211. The highest BCUT2D eigenvalue weighted by atomic mass is 32.2. The Hall–Kier alpha value is -4.27. The van der Waals surface area contributed by atoms with E-state index in [0.717, 1.165) is 47.9 Å². The van der Waals surface area contributed by atoms with Crippen LogP contribution >= 0.6 is 23.1 Å². The van der Waals surface area contributed by atoms with Gasteiger partial charge in [0.25, 0.3) is 0 Å². The molecule has 270 valence electrons. The quantitative estimate of drug-likeness (QED) is 0.140. The van der Waals surface area contributed by atoms with Crippen molar-refractivity contribution >= 4 is 45.1 Å². The molecule has 2 fully saturated rings. The largest absolute Gasteiger partial charge is 0.471 e. The number of hydrogen-bond acceptors (Lipinski definition) is 8. The fourth-order valence-corrected chi connectivity index (χ4v) is 8.66. The van der Waals surface area contributed by atoms with Crippen molar-refractivity contribution in [1.29, 1.82) is 0 Å². The lowest BCUT2D eigenvalue weighted by molar-refractivity contribution is -0.245. The van der Waals surface area contributed by atoms with Crippen molar-refractivity contribution in [2.24, 2.45) is 0 Å². The predicted molar refractivity (Wildman–Crippen MR) is 193 cm³/mol. The molecule has 0 bridgehead atoms. The van der Waals surface area contributed by atoms with Crippen LogP contribution in [0.4, 0.5) is 13.2 Å². The number of carbonyl (C=O) groups excluding carboxylic acids is 2. The molecule has 1 aromatic heterocycles. The number of amides is 2. The Balaban J connectivity index is 1.03. The molecule has 5 aromatic rings. The lowest BCUT2D eigenvalue weighted by Gasteiger charge is -2.36. The molecule has 2 aliphatic rings. The van der Waals surface area contributed by atoms with Crippen LogP contribution in [-0.4, -0.2) is 57.4 Å². The molecular formula is C39H36F3N3O5S2. The fourth-order valence-electron chi connectivity index (χ4n) is 6.55. The van der Waals surface area contributed by atoms with Gasteiger partial charge in [0.1, 0.15) is 6.04 Å². The van der Waals surface area contributed by atoms with Crippen LogP contribution in [0.2, 0.25) is 0 Å². The Morgan fingerprint density at radius 2 is 1.69 bits per heavy atom. The fraction of sp³-hybridized carbons (Fsp3) is 0.308. The predicted octanol–water partition coefficient (Wildman–Crippen LogP) is 7.96. The Morgan fingerprint density at radius 1 is 0.923 bits per heavy atom. The molecule has 0 radical (unpaired) electrons. The van der Waals surface area contributed by atoms with Crippen LogP contribution in [0.5, 0.6) is 0 Å². The normalized spacial score (nSPS) is 20.7. The average Bonchev–Trinajstić information content (AvgIpc) is 3.83. The van der Waals surface area contributed by atoms with Gasteiger partial charge in [-0.1, -0.05) is 90.6 Å². The highest BCUT2D eigenvalue weighted by Crippen LogP contribution is 2.41. The SMILES string of the molecule is O=C(NCc1cccc(-c2ccc([C@@H]3O[C@H](CSc4nc5ccccc5s4)C[C@H](c4ccc(CO)cc4)O3)cc2)c1)[C@@H]1CCCN1C(=O)C(F)(F)F. The molecule has 2 N–H and O–H groups in total. The van der Waals surface area contributed by atoms with Gasteiger partial charge in [-0.15, -0.1) is 11.3 Å². The number of fused-ring (bicyclic) bond motifs is 1. The van der Waals surface area contributed by atoms with Gasteiger partial charge in [-0.25, -0.2) is 4.98 Å². The monoisotopic (exact) mass is 747 g/mol. The summed E-state index contributed by atoms with van der Waals surface area (Å²) < 4.78 is 54.3. The second kappa shape index (κ2) is 15.8. The van der Waals surface area contributed by atoms with Crippen molar-refractivity contribution < 1.29 is 37.3 Å². The molecule has 13 heteroatoms. The maximum atomic E-state index is 13.0. The number of likely N-dealkylation sites (tertiary alicyclic amines) is 1. The standard InChI is InChI=1S/C39H36F3N3O5S2/c40-39(41,42)37(48)45-18-4-8-32(45)35(47)43-21-25-5-3-6-29(19-25)26-14-16-28(17-15-26)36-49-30(20-33(50-36)27-12-10-24(22-46)11-13-27)23-51-38-44-31-7-1-2-9-34(31)52-38/h1-3,5-7,9-17,19,30,32-33,36,46H,4,8,18,20-23H2,(H,43,47)/t30-,32-,33+,36+/m0/s1. The van der Waals surface area contributed by atoms with Crippen LogP contribution in [0.3, 0.4) is 0 Å². The van der Waals surface area contributed by atoms with Gasteiger partial charge in [0.2, 0.25) is 5.91 Å². The van der Waals surface area contributed by atoms with Crippen molar-refractivity contribution in [3.05, 3.63) is 119 Å². The number of carbonyl (C=O) groups is 2. The van der Waals surface area contributed by atoms with Gasteiger partial charge in [-0.2, -0.15) is 13.2 Å². The first-order chi connectivity index (χ1) is 25.1. The molecule has 2 saturated heterocycles. The van der Waals surface area contributed by atoms with Gasteiger partial charge in [0.15, 0.2) is 10.6 Å². The number of alkyl halides is 3. The zero-order valence-corrected chi connectivity index (χ0v) is 29.6. The van der Waals surface area contributed by atoms with Crippen molar-refractivity contribution in [3.8, 4) is 11.1 Å². The number of rotatable bonds is 10. The molecule has 4 atom stereocenters. The highest BCUT2D eigenvalue weighted by molar-refractivity contribution is 8.01. The van der Waals surface area contributed by atoms with Crippen molar-refractivity contribution in [3.63, 3.8) is 0 Å². The third kappa shape index (κ3) is 8.34. The van der Waals surface area contributed by atoms with Gasteiger partial charge in [0.05, 0.1) is 29.0 Å². The van der Waals surface area contributed by atoms with E-state index in [4.69, 9.17) is 14.5 Å². The molecule has 0 aliphatic carbocycles. The summed E-state index contributed by atoms with van der Waals surface area (Å²) in [5.74, 6) is -1.88. The van der Waals surface area contributed by atoms with Crippen molar-refractivity contribution in [1.82, 2.24) is 15.2 Å². The zero-order chi connectivity index (χ0) is 36.2. The van der Waals surface area contributed by atoms with Crippen LogP contribution in [-0.2, 0) is 32.2 Å². The minimum absolute atomic E-state index is 0.0321. The third-order valence-corrected chi connectivity index (χ3v) is 11.6.